The average molecular weight is 613 g/mol. The molecule has 5 aromatic heterocycles. The lowest BCUT2D eigenvalue weighted by atomic mass is 9.90. The first-order valence-corrected chi connectivity index (χ1v) is 15.2. The van der Waals surface area contributed by atoms with E-state index < -0.39 is 0 Å². The molecule has 0 saturated heterocycles. The summed E-state index contributed by atoms with van der Waals surface area (Å²) in [6.07, 6.45) is 10.2. The van der Waals surface area contributed by atoms with Crippen LogP contribution >= 0.6 is 0 Å². The number of aromatic nitrogens is 5. The van der Waals surface area contributed by atoms with Gasteiger partial charge in [-0.1, -0.05) is 30.3 Å². The van der Waals surface area contributed by atoms with E-state index in [0.29, 0.717) is 35.3 Å². The van der Waals surface area contributed by atoms with Crippen LogP contribution in [0.2, 0.25) is 0 Å². The molecule has 0 atom stereocenters. The fourth-order valence-corrected chi connectivity index (χ4v) is 5.89. The summed E-state index contributed by atoms with van der Waals surface area (Å²) in [5, 5.41) is 23.6. The van der Waals surface area contributed by atoms with Crippen LogP contribution in [0.15, 0.2) is 89.9 Å². The molecule has 2 bridgehead atoms. The molecule has 1 aliphatic rings. The van der Waals surface area contributed by atoms with Gasteiger partial charge < -0.3 is 20.4 Å². The van der Waals surface area contributed by atoms with Crippen LogP contribution in [0.5, 0.6) is 0 Å². The Balaban J connectivity index is 1.04. The number of anilines is 4. The largest absolute Gasteiger partial charge is 0.455 e. The molecule has 0 spiro atoms. The van der Waals surface area contributed by atoms with Gasteiger partial charge in [-0.25, -0.2) is 14.8 Å². The number of carbonyl (C=O) groups is 1. The third kappa shape index (κ3) is 6.16. The predicted octanol–water partition coefficient (Wildman–Crippen LogP) is 6.21. The number of furan rings is 2. The highest BCUT2D eigenvalue weighted by Crippen LogP contribution is 2.32. The Morgan fingerprint density at radius 3 is 2.54 bits per heavy atom. The molecule has 7 rings (SSSR count). The summed E-state index contributed by atoms with van der Waals surface area (Å²) in [6, 6.07) is 21.4. The summed E-state index contributed by atoms with van der Waals surface area (Å²) in [4.78, 5) is 29.2. The van der Waals surface area contributed by atoms with Crippen LogP contribution in [0.3, 0.4) is 0 Å². The zero-order valence-corrected chi connectivity index (χ0v) is 25.2. The van der Waals surface area contributed by atoms with Crippen LogP contribution in [0.25, 0.3) is 22.3 Å². The van der Waals surface area contributed by atoms with E-state index in [0.717, 1.165) is 53.6 Å². The number of fused-ring (bicyclic) bond motifs is 2. The molecule has 46 heavy (non-hydrogen) atoms. The Labute approximate surface area is 265 Å². The van der Waals surface area contributed by atoms with Gasteiger partial charge in [0.05, 0.1) is 18.1 Å². The van der Waals surface area contributed by atoms with E-state index in [9.17, 15) is 10.1 Å². The number of hydrogen-bond donors (Lipinski definition) is 3. The molecule has 12 nitrogen and oxygen atoms in total. The number of benzene rings is 2. The Kier molecular flexibility index (Phi) is 7.87. The summed E-state index contributed by atoms with van der Waals surface area (Å²) >= 11 is 0. The second-order valence-electron chi connectivity index (χ2n) is 11.4. The summed E-state index contributed by atoms with van der Waals surface area (Å²) in [5.41, 5.74) is 5.47. The van der Waals surface area contributed by atoms with E-state index in [2.05, 4.69) is 37.1 Å². The highest BCUT2D eigenvalue weighted by Gasteiger charge is 2.31. The number of nitrogens with one attached hydrogen (secondary N) is 3. The topological polar surface area (TPSA) is 150 Å². The standard InChI is InChI=1S/C34H32N10O2/c1-43-21-25(20-39-43)23-7-14-31(36-18-23)44(34(45)38-17-22-5-3-2-4-6-22)27-10-8-26(9-11-27)40-33-37-19-24(16-35)32(42-33)41-29-15-28-12-13-30(29)46-28/h2-7,12-15,18-21,26-27H,8-11,17H2,1H3,(H,38,45)(H2,37,40,41,42)/t26-,27-. The third-order valence-corrected chi connectivity index (χ3v) is 8.27. The average Bonchev–Trinajstić information content (AvgIpc) is 3.84. The SMILES string of the molecule is Cn1cc(-c2ccc(N(C(=O)NCc3ccccc3)[C@H]3CC[C@H](Nc4ncc(C#N)c(Nc5cc6ccc5o6)n4)CC3)nc2)cn1. The molecule has 0 unspecified atom stereocenters. The first-order valence-electron chi connectivity index (χ1n) is 15.2. The molecule has 1 saturated carbocycles. The fourth-order valence-electron chi connectivity index (χ4n) is 5.89. The van der Waals surface area contributed by atoms with Gasteiger partial charge in [0.2, 0.25) is 5.95 Å². The number of pyridine rings is 1. The van der Waals surface area contributed by atoms with Crippen LogP contribution in [-0.2, 0) is 13.6 Å². The van der Waals surface area contributed by atoms with Gasteiger partial charge in [0, 0.05) is 55.3 Å². The summed E-state index contributed by atoms with van der Waals surface area (Å²) in [5.74, 6) is 1.46. The fraction of sp³-hybridized carbons (Fsp3) is 0.235. The van der Waals surface area contributed by atoms with E-state index in [1.165, 1.54) is 6.20 Å². The summed E-state index contributed by atoms with van der Waals surface area (Å²) in [6.45, 7) is 0.422. The van der Waals surface area contributed by atoms with Gasteiger partial charge in [0.25, 0.3) is 0 Å². The Morgan fingerprint density at radius 2 is 1.87 bits per heavy atom. The highest BCUT2D eigenvalue weighted by atomic mass is 16.3. The van der Waals surface area contributed by atoms with Gasteiger partial charge in [-0.05, 0) is 55.5 Å². The maximum Gasteiger partial charge on any atom is 0.323 e. The summed E-state index contributed by atoms with van der Waals surface area (Å²) in [7, 11) is 1.88. The van der Waals surface area contributed by atoms with Crippen molar-refractivity contribution in [1.82, 2.24) is 30.0 Å². The van der Waals surface area contributed by atoms with Gasteiger partial charge in [-0.2, -0.15) is 15.3 Å². The van der Waals surface area contributed by atoms with E-state index in [-0.39, 0.29) is 18.1 Å². The van der Waals surface area contributed by atoms with Crippen molar-refractivity contribution in [2.24, 2.45) is 7.05 Å². The molecule has 0 aliphatic heterocycles. The zero-order chi connectivity index (χ0) is 31.5. The lowest BCUT2D eigenvalue weighted by Crippen LogP contribution is -2.49. The maximum atomic E-state index is 13.7. The van der Waals surface area contributed by atoms with E-state index in [1.807, 2.05) is 73.9 Å². The lowest BCUT2D eigenvalue weighted by molar-refractivity contribution is 0.240. The number of urea groups is 1. The van der Waals surface area contributed by atoms with Crippen molar-refractivity contribution >= 4 is 40.5 Å². The molecule has 230 valence electrons. The number of hydrogen-bond acceptors (Lipinski definition) is 9. The number of aryl methyl sites for hydroxylation is 1. The van der Waals surface area contributed by atoms with Crippen molar-refractivity contribution in [2.45, 2.75) is 44.3 Å². The van der Waals surface area contributed by atoms with Crippen molar-refractivity contribution in [3.63, 3.8) is 0 Å². The van der Waals surface area contributed by atoms with Crippen molar-refractivity contribution in [2.75, 3.05) is 15.5 Å². The number of amides is 2. The van der Waals surface area contributed by atoms with Gasteiger partial charge in [-0.15, -0.1) is 0 Å². The first kappa shape index (κ1) is 28.8. The number of rotatable bonds is 9. The Morgan fingerprint density at radius 1 is 1.02 bits per heavy atom. The minimum absolute atomic E-state index is 0.0445. The van der Waals surface area contributed by atoms with Gasteiger partial charge in [-0.3, -0.25) is 9.58 Å². The Hall–Kier alpha value is -5.96. The van der Waals surface area contributed by atoms with Crippen molar-refractivity contribution in [3.8, 4) is 17.2 Å². The lowest BCUT2D eigenvalue weighted by Gasteiger charge is -2.36. The maximum absolute atomic E-state index is 13.7. The first-order chi connectivity index (χ1) is 22.5. The van der Waals surface area contributed by atoms with E-state index >= 15 is 0 Å². The molecule has 1 aliphatic carbocycles. The molecular formula is C34H32N10O2. The van der Waals surface area contributed by atoms with Crippen LogP contribution in [0.1, 0.15) is 36.8 Å². The van der Waals surface area contributed by atoms with Crippen LogP contribution in [-0.4, -0.2) is 42.8 Å². The molecule has 1 fully saturated rings. The molecule has 2 amide bonds. The molecular weight excluding hydrogens is 580 g/mol. The Bertz CT molecular complexity index is 1970. The molecule has 5 heterocycles. The molecule has 6 aromatic rings. The minimum Gasteiger partial charge on any atom is -0.455 e. The van der Waals surface area contributed by atoms with Crippen LogP contribution in [0, 0.1) is 11.3 Å². The molecule has 0 radical (unpaired) electrons. The third-order valence-electron chi connectivity index (χ3n) is 8.27. The zero-order valence-electron chi connectivity index (χ0n) is 25.2. The monoisotopic (exact) mass is 612 g/mol. The second-order valence-corrected chi connectivity index (χ2v) is 11.4. The second kappa shape index (κ2) is 12.6. The van der Waals surface area contributed by atoms with Crippen LogP contribution < -0.4 is 20.9 Å². The number of nitriles is 1. The van der Waals surface area contributed by atoms with Crippen LogP contribution in [0.4, 0.5) is 28.1 Å². The summed E-state index contributed by atoms with van der Waals surface area (Å²) < 4.78 is 7.36. The normalized spacial score (nSPS) is 16.2. The van der Waals surface area contributed by atoms with E-state index in [4.69, 9.17) is 9.40 Å². The van der Waals surface area contributed by atoms with Gasteiger partial charge in [0.15, 0.2) is 11.4 Å². The van der Waals surface area contributed by atoms with Gasteiger partial charge >= 0.3 is 6.03 Å². The number of nitrogens with zero attached hydrogens (tertiary/aromatic N) is 7. The van der Waals surface area contributed by atoms with E-state index in [1.54, 1.807) is 22.0 Å². The molecule has 12 heteroatoms. The van der Waals surface area contributed by atoms with Crippen molar-refractivity contribution < 1.29 is 9.21 Å². The van der Waals surface area contributed by atoms with Crippen molar-refractivity contribution in [1.29, 1.82) is 5.26 Å². The van der Waals surface area contributed by atoms with Gasteiger partial charge in [0.1, 0.15) is 23.0 Å². The quantitative estimate of drug-likeness (QED) is 0.173. The molecule has 1 aromatic carbocycles. The van der Waals surface area contributed by atoms with Crippen molar-refractivity contribution in [3.05, 3.63) is 96.6 Å². The number of carbonyl (C=O) groups excluding carboxylic acids is 1. The molecule has 3 N–H and O–H groups in total. The minimum atomic E-state index is -0.183. The predicted molar refractivity (Wildman–Crippen MR) is 175 cm³/mol. The highest BCUT2D eigenvalue weighted by molar-refractivity contribution is 5.92. The smallest absolute Gasteiger partial charge is 0.323 e.